The highest BCUT2D eigenvalue weighted by atomic mass is 32.1. The second-order valence-electron chi connectivity index (χ2n) is 3.49. The number of nitrogens with zero attached hydrogens (tertiary/aromatic N) is 3. The fourth-order valence-electron chi connectivity index (χ4n) is 1.36. The fourth-order valence-corrected chi connectivity index (χ4v) is 2.39. The Hall–Kier alpha value is -1.34. The lowest BCUT2D eigenvalue weighted by atomic mass is 10.1. The Labute approximate surface area is 94.7 Å². The van der Waals surface area contributed by atoms with Gasteiger partial charge in [0.1, 0.15) is 11.1 Å². The molecule has 0 radical (unpaired) electrons. The van der Waals surface area contributed by atoms with Crippen molar-refractivity contribution in [2.45, 2.75) is 20.3 Å². The SMILES string of the molecule is CCc1c(C)sc(N=CN(C)C)c1C#N. The van der Waals surface area contributed by atoms with E-state index >= 15 is 0 Å². The number of aryl methyl sites for hydroxylation is 1. The summed E-state index contributed by atoms with van der Waals surface area (Å²) in [6, 6.07) is 2.24. The van der Waals surface area contributed by atoms with Gasteiger partial charge in [0.15, 0.2) is 0 Å². The van der Waals surface area contributed by atoms with Gasteiger partial charge in [0.05, 0.1) is 11.9 Å². The smallest absolute Gasteiger partial charge is 0.136 e. The van der Waals surface area contributed by atoms with Crippen LogP contribution < -0.4 is 0 Å². The van der Waals surface area contributed by atoms with Crippen LogP contribution in [0.4, 0.5) is 5.00 Å². The van der Waals surface area contributed by atoms with Crippen LogP contribution in [0.3, 0.4) is 0 Å². The van der Waals surface area contributed by atoms with Crippen molar-refractivity contribution in [2.75, 3.05) is 14.1 Å². The van der Waals surface area contributed by atoms with Crippen LogP contribution in [-0.4, -0.2) is 25.3 Å². The molecule has 0 aliphatic carbocycles. The minimum Gasteiger partial charge on any atom is -0.369 e. The maximum atomic E-state index is 9.08. The molecule has 0 aliphatic rings. The van der Waals surface area contributed by atoms with E-state index < -0.39 is 0 Å². The average Bonchev–Trinajstić information content (AvgIpc) is 2.50. The van der Waals surface area contributed by atoms with Gasteiger partial charge in [0, 0.05) is 19.0 Å². The zero-order valence-electron chi connectivity index (χ0n) is 9.53. The molecule has 0 atom stereocenters. The summed E-state index contributed by atoms with van der Waals surface area (Å²) in [6.07, 6.45) is 2.62. The first-order chi connectivity index (χ1) is 7.10. The molecule has 0 bridgehead atoms. The monoisotopic (exact) mass is 221 g/mol. The van der Waals surface area contributed by atoms with E-state index in [4.69, 9.17) is 5.26 Å². The third kappa shape index (κ3) is 2.57. The Morgan fingerprint density at radius 1 is 1.53 bits per heavy atom. The van der Waals surface area contributed by atoms with Gasteiger partial charge in [-0.05, 0) is 18.9 Å². The van der Waals surface area contributed by atoms with Crippen LogP contribution in [-0.2, 0) is 6.42 Å². The lowest BCUT2D eigenvalue weighted by molar-refractivity contribution is 0.643. The van der Waals surface area contributed by atoms with Crippen LogP contribution in [0.2, 0.25) is 0 Å². The van der Waals surface area contributed by atoms with Gasteiger partial charge in [-0.25, -0.2) is 4.99 Å². The van der Waals surface area contributed by atoms with Gasteiger partial charge in [0.2, 0.25) is 0 Å². The Bertz CT molecular complexity index is 410. The highest BCUT2D eigenvalue weighted by molar-refractivity contribution is 7.16. The minimum atomic E-state index is 0.734. The highest BCUT2D eigenvalue weighted by Gasteiger charge is 2.12. The second-order valence-corrected chi connectivity index (χ2v) is 4.69. The molecule has 1 heterocycles. The summed E-state index contributed by atoms with van der Waals surface area (Å²) in [5, 5.41) is 9.90. The van der Waals surface area contributed by atoms with Crippen LogP contribution in [0.15, 0.2) is 4.99 Å². The zero-order valence-corrected chi connectivity index (χ0v) is 10.4. The predicted molar refractivity (Wildman–Crippen MR) is 65.0 cm³/mol. The molecule has 0 N–H and O–H groups in total. The molecule has 0 saturated carbocycles. The minimum absolute atomic E-state index is 0.734. The fraction of sp³-hybridized carbons (Fsp3) is 0.455. The number of thiophene rings is 1. The first kappa shape index (κ1) is 11.7. The maximum Gasteiger partial charge on any atom is 0.136 e. The van der Waals surface area contributed by atoms with Crippen LogP contribution in [0, 0.1) is 18.3 Å². The van der Waals surface area contributed by atoms with Crippen LogP contribution in [0.5, 0.6) is 0 Å². The largest absolute Gasteiger partial charge is 0.369 e. The number of hydrogen-bond donors (Lipinski definition) is 0. The third-order valence-electron chi connectivity index (χ3n) is 2.06. The molecular formula is C11H15N3S. The second kappa shape index (κ2) is 4.94. The molecule has 3 nitrogen and oxygen atoms in total. The van der Waals surface area contributed by atoms with Crippen molar-refractivity contribution in [1.29, 1.82) is 5.26 Å². The molecule has 4 heteroatoms. The summed E-state index contributed by atoms with van der Waals surface area (Å²) in [7, 11) is 3.83. The quantitative estimate of drug-likeness (QED) is 0.581. The van der Waals surface area contributed by atoms with Crippen molar-refractivity contribution in [2.24, 2.45) is 4.99 Å². The first-order valence-corrected chi connectivity index (χ1v) is 5.64. The van der Waals surface area contributed by atoms with E-state index in [-0.39, 0.29) is 0 Å². The number of nitriles is 1. The summed E-state index contributed by atoms with van der Waals surface area (Å²) in [5.74, 6) is 0. The van der Waals surface area contributed by atoms with E-state index in [1.165, 1.54) is 4.88 Å². The number of rotatable bonds is 3. The van der Waals surface area contributed by atoms with Gasteiger partial charge in [-0.2, -0.15) is 5.26 Å². The van der Waals surface area contributed by atoms with Gasteiger partial charge >= 0.3 is 0 Å². The Balaban J connectivity index is 3.15. The molecule has 1 aromatic heterocycles. The van der Waals surface area contributed by atoms with E-state index in [0.717, 1.165) is 22.5 Å². The van der Waals surface area contributed by atoms with Gasteiger partial charge in [-0.3, -0.25) is 0 Å². The first-order valence-electron chi connectivity index (χ1n) is 4.83. The molecule has 0 spiro atoms. The topological polar surface area (TPSA) is 39.4 Å². The summed E-state index contributed by atoms with van der Waals surface area (Å²) in [6.45, 7) is 4.11. The zero-order chi connectivity index (χ0) is 11.4. The van der Waals surface area contributed by atoms with E-state index in [2.05, 4.69) is 18.0 Å². The lowest BCUT2D eigenvalue weighted by Gasteiger charge is -2.01. The van der Waals surface area contributed by atoms with Crippen molar-refractivity contribution in [1.82, 2.24) is 4.90 Å². The van der Waals surface area contributed by atoms with Gasteiger partial charge in [-0.1, -0.05) is 6.92 Å². The summed E-state index contributed by atoms with van der Waals surface area (Å²) >= 11 is 1.59. The Morgan fingerprint density at radius 2 is 2.20 bits per heavy atom. The predicted octanol–water partition coefficient (Wildman–Crippen LogP) is 2.71. The summed E-state index contributed by atoms with van der Waals surface area (Å²) in [5.41, 5.74) is 1.87. The van der Waals surface area contributed by atoms with Crippen molar-refractivity contribution in [3.05, 3.63) is 16.0 Å². The molecule has 0 unspecified atom stereocenters. The van der Waals surface area contributed by atoms with Crippen molar-refractivity contribution in [3.63, 3.8) is 0 Å². The Morgan fingerprint density at radius 3 is 2.67 bits per heavy atom. The summed E-state index contributed by atoms with van der Waals surface area (Å²) < 4.78 is 0. The van der Waals surface area contributed by atoms with E-state index in [0.29, 0.717) is 0 Å². The standard InChI is InChI=1S/C11H15N3S/c1-5-9-8(2)15-11(10(9)6-12)13-7-14(3)4/h7H,5H2,1-4H3. The molecule has 1 aromatic rings. The molecule has 1 rings (SSSR count). The van der Waals surface area contributed by atoms with Crippen molar-refractivity contribution < 1.29 is 0 Å². The van der Waals surface area contributed by atoms with Gasteiger partial charge < -0.3 is 4.90 Å². The van der Waals surface area contributed by atoms with Crippen LogP contribution >= 0.6 is 11.3 Å². The van der Waals surface area contributed by atoms with Crippen molar-refractivity contribution in [3.8, 4) is 6.07 Å². The number of hydrogen-bond acceptors (Lipinski definition) is 3. The third-order valence-corrected chi connectivity index (χ3v) is 3.12. The highest BCUT2D eigenvalue weighted by Crippen LogP contribution is 2.34. The van der Waals surface area contributed by atoms with Gasteiger partial charge in [0.25, 0.3) is 0 Å². The normalized spacial score (nSPS) is 10.6. The Kier molecular flexibility index (Phi) is 3.87. The van der Waals surface area contributed by atoms with E-state index in [1.807, 2.05) is 25.9 Å². The molecule has 0 aliphatic heterocycles. The molecule has 0 aromatic carbocycles. The number of aliphatic imine (C=N–C) groups is 1. The van der Waals surface area contributed by atoms with Crippen LogP contribution in [0.25, 0.3) is 0 Å². The van der Waals surface area contributed by atoms with Crippen LogP contribution in [0.1, 0.15) is 22.9 Å². The van der Waals surface area contributed by atoms with Gasteiger partial charge in [-0.15, -0.1) is 11.3 Å². The van der Waals surface area contributed by atoms with E-state index in [1.54, 1.807) is 17.7 Å². The molecule has 80 valence electrons. The molecule has 0 fully saturated rings. The van der Waals surface area contributed by atoms with E-state index in [9.17, 15) is 0 Å². The maximum absolute atomic E-state index is 9.08. The molecule has 15 heavy (non-hydrogen) atoms. The molecule has 0 saturated heterocycles. The van der Waals surface area contributed by atoms with Crippen molar-refractivity contribution >= 4 is 22.7 Å². The molecular weight excluding hydrogens is 206 g/mol. The molecule has 0 amide bonds. The average molecular weight is 221 g/mol. The lowest BCUT2D eigenvalue weighted by Crippen LogP contribution is -2.06. The summed E-state index contributed by atoms with van der Waals surface area (Å²) in [4.78, 5) is 7.36.